The van der Waals surface area contributed by atoms with Crippen molar-refractivity contribution in [3.63, 3.8) is 0 Å². The summed E-state index contributed by atoms with van der Waals surface area (Å²) in [5, 5.41) is 6.52. The number of hydrogen-bond acceptors (Lipinski definition) is 7. The Morgan fingerprint density at radius 3 is 2.71 bits per heavy atom. The Morgan fingerprint density at radius 2 is 1.89 bits per heavy atom. The smallest absolute Gasteiger partial charge is 0.395 e. The number of amides is 1. The van der Waals surface area contributed by atoms with Crippen LogP contribution in [0.1, 0.15) is 5.89 Å². The quantitative estimate of drug-likeness (QED) is 0.665. The first kappa shape index (κ1) is 18.2. The molecular formula is C18H13F2N3O4S. The topological polar surface area (TPSA) is 86.5 Å². The van der Waals surface area contributed by atoms with Gasteiger partial charge in [-0.15, -0.1) is 20.5 Å². The average molecular weight is 405 g/mol. The Hall–Kier alpha value is -3.14. The summed E-state index contributed by atoms with van der Waals surface area (Å²) < 4.78 is 39.9. The molecule has 0 fully saturated rings. The van der Waals surface area contributed by atoms with E-state index in [2.05, 4.69) is 24.9 Å². The number of carbonyl (C=O) groups excluding carboxylic acids is 1. The second kappa shape index (κ2) is 7.47. The van der Waals surface area contributed by atoms with E-state index in [1.165, 1.54) is 30.0 Å². The number of aromatic nitrogens is 2. The van der Waals surface area contributed by atoms with Crippen molar-refractivity contribution in [3.8, 4) is 22.9 Å². The van der Waals surface area contributed by atoms with Gasteiger partial charge in [0.1, 0.15) is 0 Å². The van der Waals surface area contributed by atoms with Crippen LogP contribution in [0.15, 0.2) is 53.1 Å². The van der Waals surface area contributed by atoms with Crippen LogP contribution in [0.4, 0.5) is 14.5 Å². The first-order valence-corrected chi connectivity index (χ1v) is 9.29. The maximum atomic E-state index is 13.0. The lowest BCUT2D eigenvalue weighted by atomic mass is 10.2. The van der Waals surface area contributed by atoms with Crippen LogP contribution in [0.3, 0.4) is 0 Å². The van der Waals surface area contributed by atoms with E-state index in [1.807, 2.05) is 30.3 Å². The van der Waals surface area contributed by atoms with E-state index in [0.29, 0.717) is 23.2 Å². The first-order valence-electron chi connectivity index (χ1n) is 8.14. The van der Waals surface area contributed by atoms with E-state index in [1.54, 1.807) is 0 Å². The van der Waals surface area contributed by atoms with Crippen LogP contribution >= 0.6 is 11.8 Å². The van der Waals surface area contributed by atoms with Gasteiger partial charge in [0.2, 0.25) is 17.6 Å². The van der Waals surface area contributed by atoms with E-state index in [-0.39, 0.29) is 23.2 Å². The van der Waals surface area contributed by atoms with Crippen LogP contribution in [0, 0.1) is 0 Å². The van der Waals surface area contributed by atoms with Crippen LogP contribution < -0.4 is 14.8 Å². The van der Waals surface area contributed by atoms with Crippen molar-refractivity contribution in [2.24, 2.45) is 0 Å². The Bertz CT molecular complexity index is 998. The van der Waals surface area contributed by atoms with Crippen molar-refractivity contribution in [1.29, 1.82) is 0 Å². The molecule has 0 saturated carbocycles. The van der Waals surface area contributed by atoms with Gasteiger partial charge in [-0.3, -0.25) is 4.79 Å². The minimum Gasteiger partial charge on any atom is -0.395 e. The summed E-state index contributed by atoms with van der Waals surface area (Å²) in [6, 6.07) is 13.4. The van der Waals surface area contributed by atoms with Crippen LogP contribution in [-0.2, 0) is 10.5 Å². The average Bonchev–Trinajstić information content (AvgIpc) is 3.25. The maximum absolute atomic E-state index is 13.0. The highest BCUT2D eigenvalue weighted by Gasteiger charge is 2.43. The molecule has 4 rings (SSSR count). The molecule has 0 atom stereocenters. The number of halogens is 2. The van der Waals surface area contributed by atoms with Gasteiger partial charge in [-0.1, -0.05) is 35.5 Å². The van der Waals surface area contributed by atoms with E-state index in [4.69, 9.17) is 4.52 Å². The number of nitrogens with zero attached hydrogens (tertiary/aromatic N) is 2. The normalized spacial score (nSPS) is 14.1. The number of thioether (sulfide) groups is 1. The van der Waals surface area contributed by atoms with Crippen LogP contribution in [0.2, 0.25) is 0 Å². The standard InChI is InChI=1S/C18H13F2N3O4S/c19-18(20)25-13-7-6-12(8-14(13)26-18)21-15(24)9-28-10-16-22-17(23-27-16)11-4-2-1-3-5-11/h1-8H,9-10H2,(H,21,24). The highest BCUT2D eigenvalue weighted by atomic mass is 32.2. The number of ether oxygens (including phenoxy) is 2. The summed E-state index contributed by atoms with van der Waals surface area (Å²) in [7, 11) is 0. The molecule has 1 amide bonds. The highest BCUT2D eigenvalue weighted by Crippen LogP contribution is 2.42. The van der Waals surface area contributed by atoms with E-state index >= 15 is 0 Å². The minimum absolute atomic E-state index is 0.0806. The Kier molecular flexibility index (Phi) is 4.86. The molecule has 2 heterocycles. The summed E-state index contributed by atoms with van der Waals surface area (Å²) in [6.07, 6.45) is -3.69. The summed E-state index contributed by atoms with van der Waals surface area (Å²) >= 11 is 1.28. The van der Waals surface area contributed by atoms with Crippen molar-refractivity contribution >= 4 is 23.4 Å². The van der Waals surface area contributed by atoms with Gasteiger partial charge in [0.25, 0.3) is 0 Å². The molecule has 28 heavy (non-hydrogen) atoms. The summed E-state index contributed by atoms with van der Waals surface area (Å²) in [5.41, 5.74) is 1.17. The molecule has 2 aromatic carbocycles. The molecule has 0 unspecified atom stereocenters. The first-order chi connectivity index (χ1) is 13.5. The third-order valence-electron chi connectivity index (χ3n) is 3.64. The highest BCUT2D eigenvalue weighted by molar-refractivity contribution is 7.99. The van der Waals surface area contributed by atoms with Gasteiger partial charge < -0.3 is 19.3 Å². The van der Waals surface area contributed by atoms with Crippen LogP contribution in [0.5, 0.6) is 11.5 Å². The zero-order chi connectivity index (χ0) is 19.6. The summed E-state index contributed by atoms with van der Waals surface area (Å²) in [6.45, 7) is 0. The van der Waals surface area contributed by atoms with Gasteiger partial charge >= 0.3 is 6.29 Å². The van der Waals surface area contributed by atoms with Gasteiger partial charge in [-0.05, 0) is 12.1 Å². The molecule has 0 radical (unpaired) electrons. The zero-order valence-corrected chi connectivity index (χ0v) is 15.0. The minimum atomic E-state index is -3.69. The fraction of sp³-hybridized carbons (Fsp3) is 0.167. The van der Waals surface area contributed by atoms with Crippen molar-refractivity contribution in [3.05, 3.63) is 54.4 Å². The van der Waals surface area contributed by atoms with Gasteiger partial charge in [0.05, 0.1) is 11.5 Å². The molecule has 10 heteroatoms. The van der Waals surface area contributed by atoms with Gasteiger partial charge in [0, 0.05) is 17.3 Å². The van der Waals surface area contributed by atoms with Crippen LogP contribution in [-0.4, -0.2) is 28.1 Å². The third kappa shape index (κ3) is 4.22. The second-order valence-electron chi connectivity index (χ2n) is 5.75. The molecule has 7 nitrogen and oxygen atoms in total. The fourth-order valence-corrected chi connectivity index (χ4v) is 3.12. The molecule has 0 spiro atoms. The monoisotopic (exact) mass is 405 g/mol. The molecule has 144 valence electrons. The number of anilines is 1. The lowest BCUT2D eigenvalue weighted by molar-refractivity contribution is -0.286. The molecule has 3 aromatic rings. The molecule has 0 saturated heterocycles. The van der Waals surface area contributed by atoms with E-state index < -0.39 is 6.29 Å². The predicted octanol–water partition coefficient (Wildman–Crippen LogP) is 3.93. The predicted molar refractivity (Wildman–Crippen MR) is 97.2 cm³/mol. The van der Waals surface area contributed by atoms with Crippen LogP contribution in [0.25, 0.3) is 11.4 Å². The van der Waals surface area contributed by atoms with E-state index in [9.17, 15) is 13.6 Å². The Balaban J connectivity index is 1.27. The van der Waals surface area contributed by atoms with Crippen molar-refractivity contribution < 1.29 is 27.6 Å². The summed E-state index contributed by atoms with van der Waals surface area (Å²) in [5.74, 6) is 0.852. The van der Waals surface area contributed by atoms with Crippen molar-refractivity contribution in [2.75, 3.05) is 11.1 Å². The number of hydrogen-bond donors (Lipinski definition) is 1. The number of benzene rings is 2. The lowest BCUT2D eigenvalue weighted by Gasteiger charge is -2.05. The molecule has 0 aliphatic carbocycles. The number of fused-ring (bicyclic) bond motifs is 1. The SMILES string of the molecule is O=C(CSCc1nc(-c2ccccc2)no1)Nc1ccc2c(c1)OC(F)(F)O2. The maximum Gasteiger partial charge on any atom is 0.586 e. The van der Waals surface area contributed by atoms with Crippen molar-refractivity contribution in [2.45, 2.75) is 12.0 Å². The molecule has 1 N–H and O–H groups in total. The second-order valence-corrected chi connectivity index (χ2v) is 6.73. The molecular weight excluding hydrogens is 392 g/mol. The van der Waals surface area contributed by atoms with Crippen molar-refractivity contribution in [1.82, 2.24) is 10.1 Å². The summed E-state index contributed by atoms with van der Waals surface area (Å²) in [4.78, 5) is 16.3. The molecule has 1 aliphatic rings. The number of alkyl halides is 2. The van der Waals surface area contributed by atoms with Gasteiger partial charge in [-0.25, -0.2) is 0 Å². The largest absolute Gasteiger partial charge is 0.586 e. The molecule has 1 aromatic heterocycles. The third-order valence-corrected chi connectivity index (χ3v) is 4.56. The van der Waals surface area contributed by atoms with Gasteiger partial charge in [-0.2, -0.15) is 4.98 Å². The Morgan fingerprint density at radius 1 is 1.11 bits per heavy atom. The lowest BCUT2D eigenvalue weighted by Crippen LogP contribution is -2.25. The number of rotatable bonds is 6. The Labute approximate surface area is 162 Å². The molecule has 0 bridgehead atoms. The zero-order valence-electron chi connectivity index (χ0n) is 14.2. The molecule has 1 aliphatic heterocycles. The fourth-order valence-electron chi connectivity index (χ4n) is 2.47. The number of carbonyl (C=O) groups is 1. The van der Waals surface area contributed by atoms with E-state index in [0.717, 1.165) is 5.56 Å². The number of nitrogens with one attached hydrogen (secondary N) is 1. The van der Waals surface area contributed by atoms with Gasteiger partial charge in [0.15, 0.2) is 11.5 Å².